The lowest BCUT2D eigenvalue weighted by Gasteiger charge is -2.14. The number of aromatic nitrogens is 3. The lowest BCUT2D eigenvalue weighted by molar-refractivity contribution is -0.113. The van der Waals surface area contributed by atoms with E-state index in [4.69, 9.17) is 17.3 Å². The van der Waals surface area contributed by atoms with E-state index in [9.17, 15) is 9.59 Å². The van der Waals surface area contributed by atoms with Crippen LogP contribution in [0.25, 0.3) is 5.69 Å². The zero-order valence-corrected chi connectivity index (χ0v) is 15.0. The first-order chi connectivity index (χ1) is 12.5. The molecule has 1 amide bonds. The van der Waals surface area contributed by atoms with E-state index >= 15 is 0 Å². The number of halogens is 1. The Morgan fingerprint density at radius 3 is 2.69 bits per heavy atom. The third kappa shape index (κ3) is 4.41. The Labute approximate surface area is 158 Å². The van der Waals surface area contributed by atoms with Gasteiger partial charge in [0, 0.05) is 23.0 Å². The monoisotopic (exact) mass is 387 g/mol. The molecule has 3 rings (SSSR count). The molecule has 9 heteroatoms. The molecule has 0 bridgehead atoms. The minimum absolute atomic E-state index is 0.0417. The fourth-order valence-corrected chi connectivity index (χ4v) is 3.12. The second kappa shape index (κ2) is 8.03. The third-order valence-corrected chi connectivity index (χ3v) is 4.47. The van der Waals surface area contributed by atoms with Gasteiger partial charge in [-0.3, -0.25) is 14.2 Å². The highest BCUT2D eigenvalue weighted by atomic mass is 35.5. The molecule has 1 aromatic carbocycles. The van der Waals surface area contributed by atoms with Gasteiger partial charge < -0.3 is 11.1 Å². The molecule has 0 radical (unpaired) electrons. The zero-order valence-electron chi connectivity index (χ0n) is 13.4. The maximum absolute atomic E-state index is 12.1. The molecule has 2 aromatic heterocycles. The van der Waals surface area contributed by atoms with Gasteiger partial charge in [-0.05, 0) is 36.4 Å². The van der Waals surface area contributed by atoms with E-state index in [0.717, 1.165) is 11.8 Å². The SMILES string of the molecule is Nc1cc(=O)nc(SCC(=O)Nc2ccccn2)n1-c1ccc(Cl)cc1. The first kappa shape index (κ1) is 18.0. The van der Waals surface area contributed by atoms with Crippen LogP contribution in [-0.4, -0.2) is 26.2 Å². The molecule has 26 heavy (non-hydrogen) atoms. The molecule has 0 fully saturated rings. The molecule has 0 aliphatic carbocycles. The first-order valence-corrected chi connectivity index (χ1v) is 8.88. The van der Waals surface area contributed by atoms with Gasteiger partial charge in [-0.1, -0.05) is 29.4 Å². The van der Waals surface area contributed by atoms with Gasteiger partial charge in [0.1, 0.15) is 11.6 Å². The Bertz CT molecular complexity index is 977. The van der Waals surface area contributed by atoms with Crippen LogP contribution in [0.5, 0.6) is 0 Å². The maximum atomic E-state index is 12.1. The maximum Gasteiger partial charge on any atom is 0.275 e. The number of anilines is 2. The fraction of sp³-hybridized carbons (Fsp3) is 0.0588. The van der Waals surface area contributed by atoms with Gasteiger partial charge in [0.05, 0.1) is 5.75 Å². The van der Waals surface area contributed by atoms with Crippen molar-refractivity contribution in [2.24, 2.45) is 0 Å². The summed E-state index contributed by atoms with van der Waals surface area (Å²) in [6.07, 6.45) is 1.58. The van der Waals surface area contributed by atoms with Crippen LogP contribution in [0, 0.1) is 0 Å². The first-order valence-electron chi connectivity index (χ1n) is 7.52. The number of nitrogens with zero attached hydrogens (tertiary/aromatic N) is 3. The number of pyridine rings is 1. The molecule has 0 saturated heterocycles. The minimum Gasteiger partial charge on any atom is -0.385 e. The summed E-state index contributed by atoms with van der Waals surface area (Å²) in [5, 5.41) is 3.56. The molecule has 0 atom stereocenters. The van der Waals surface area contributed by atoms with E-state index < -0.39 is 5.56 Å². The summed E-state index contributed by atoms with van der Waals surface area (Å²) in [4.78, 5) is 31.9. The molecule has 2 heterocycles. The number of carbonyl (C=O) groups is 1. The average Bonchev–Trinajstić information content (AvgIpc) is 2.61. The summed E-state index contributed by atoms with van der Waals surface area (Å²) in [7, 11) is 0. The minimum atomic E-state index is -0.472. The van der Waals surface area contributed by atoms with Crippen molar-refractivity contribution in [2.75, 3.05) is 16.8 Å². The molecular weight excluding hydrogens is 374 g/mol. The predicted molar refractivity (Wildman–Crippen MR) is 103 cm³/mol. The lowest BCUT2D eigenvalue weighted by atomic mass is 10.3. The van der Waals surface area contributed by atoms with Crippen molar-refractivity contribution in [1.29, 1.82) is 0 Å². The Morgan fingerprint density at radius 1 is 1.23 bits per heavy atom. The third-order valence-electron chi connectivity index (χ3n) is 3.28. The highest BCUT2D eigenvalue weighted by Crippen LogP contribution is 2.23. The van der Waals surface area contributed by atoms with Crippen LogP contribution in [-0.2, 0) is 4.79 Å². The Morgan fingerprint density at radius 2 is 2.00 bits per heavy atom. The zero-order chi connectivity index (χ0) is 18.5. The number of thioether (sulfide) groups is 1. The number of hydrogen-bond donors (Lipinski definition) is 2. The van der Waals surface area contributed by atoms with E-state index in [1.165, 1.54) is 6.07 Å². The van der Waals surface area contributed by atoms with Crippen LogP contribution < -0.4 is 16.6 Å². The summed E-state index contributed by atoms with van der Waals surface area (Å²) < 4.78 is 1.59. The van der Waals surface area contributed by atoms with E-state index in [1.54, 1.807) is 53.2 Å². The standard InChI is InChI=1S/C17H14ClN5O2S/c18-11-4-6-12(7-5-11)23-13(19)9-15(24)22-17(23)26-10-16(25)21-14-3-1-2-8-20-14/h1-9H,10,19H2,(H,20,21,25). The van der Waals surface area contributed by atoms with Crippen molar-refractivity contribution in [3.8, 4) is 5.69 Å². The largest absolute Gasteiger partial charge is 0.385 e. The highest BCUT2D eigenvalue weighted by molar-refractivity contribution is 7.99. The molecular formula is C17H14ClN5O2S. The molecule has 0 saturated carbocycles. The number of hydrogen-bond acceptors (Lipinski definition) is 6. The second-order valence-electron chi connectivity index (χ2n) is 5.17. The van der Waals surface area contributed by atoms with Crippen LogP contribution in [0.2, 0.25) is 5.02 Å². The number of benzene rings is 1. The van der Waals surface area contributed by atoms with Crippen molar-refractivity contribution in [2.45, 2.75) is 5.16 Å². The normalized spacial score (nSPS) is 10.5. The second-order valence-corrected chi connectivity index (χ2v) is 6.54. The molecule has 3 N–H and O–H groups in total. The van der Waals surface area contributed by atoms with Crippen molar-refractivity contribution in [1.82, 2.24) is 14.5 Å². The quantitative estimate of drug-likeness (QED) is 0.515. The smallest absolute Gasteiger partial charge is 0.275 e. The fourth-order valence-electron chi connectivity index (χ4n) is 2.17. The van der Waals surface area contributed by atoms with Gasteiger partial charge in [-0.2, -0.15) is 4.98 Å². The van der Waals surface area contributed by atoms with E-state index in [2.05, 4.69) is 15.3 Å². The van der Waals surface area contributed by atoms with Crippen molar-refractivity contribution in [3.05, 3.63) is 70.1 Å². The van der Waals surface area contributed by atoms with Crippen LogP contribution in [0.15, 0.2) is 64.7 Å². The summed E-state index contributed by atoms with van der Waals surface area (Å²) in [6.45, 7) is 0. The Kier molecular flexibility index (Phi) is 5.55. The van der Waals surface area contributed by atoms with Crippen LogP contribution in [0.3, 0.4) is 0 Å². The molecule has 0 aliphatic rings. The Balaban J connectivity index is 1.82. The molecule has 0 unspecified atom stereocenters. The number of nitrogens with two attached hydrogens (primary N) is 1. The summed E-state index contributed by atoms with van der Waals surface area (Å²) >= 11 is 7.01. The van der Waals surface area contributed by atoms with Crippen LogP contribution in [0.1, 0.15) is 0 Å². The molecule has 3 aromatic rings. The van der Waals surface area contributed by atoms with Gasteiger partial charge in [0.2, 0.25) is 5.91 Å². The number of amides is 1. The summed E-state index contributed by atoms with van der Waals surface area (Å²) in [5.41, 5.74) is 6.20. The van der Waals surface area contributed by atoms with Crippen molar-refractivity contribution in [3.63, 3.8) is 0 Å². The van der Waals surface area contributed by atoms with Gasteiger partial charge >= 0.3 is 0 Å². The highest BCUT2D eigenvalue weighted by Gasteiger charge is 2.13. The number of rotatable bonds is 5. The van der Waals surface area contributed by atoms with Gasteiger partial charge in [0.25, 0.3) is 5.56 Å². The predicted octanol–water partition coefficient (Wildman–Crippen LogP) is 2.59. The summed E-state index contributed by atoms with van der Waals surface area (Å²) in [6, 6.07) is 13.4. The molecule has 7 nitrogen and oxygen atoms in total. The average molecular weight is 388 g/mol. The van der Waals surface area contributed by atoms with E-state index in [0.29, 0.717) is 21.7 Å². The van der Waals surface area contributed by atoms with Crippen molar-refractivity contribution < 1.29 is 4.79 Å². The van der Waals surface area contributed by atoms with Crippen LogP contribution in [0.4, 0.5) is 11.6 Å². The van der Waals surface area contributed by atoms with Gasteiger partial charge in [0.15, 0.2) is 5.16 Å². The van der Waals surface area contributed by atoms with Gasteiger partial charge in [-0.15, -0.1) is 0 Å². The van der Waals surface area contributed by atoms with Gasteiger partial charge in [-0.25, -0.2) is 4.98 Å². The molecule has 0 spiro atoms. The Hall–Kier alpha value is -2.84. The number of carbonyl (C=O) groups excluding carboxylic acids is 1. The summed E-state index contributed by atoms with van der Waals surface area (Å²) in [5.74, 6) is 0.446. The molecule has 0 aliphatic heterocycles. The van der Waals surface area contributed by atoms with E-state index in [-0.39, 0.29) is 17.5 Å². The number of nitrogen functional groups attached to an aromatic ring is 1. The van der Waals surface area contributed by atoms with E-state index in [1.807, 2.05) is 0 Å². The van der Waals surface area contributed by atoms with Crippen molar-refractivity contribution >= 4 is 40.9 Å². The number of nitrogens with one attached hydrogen (secondary N) is 1. The molecule has 132 valence electrons. The topological polar surface area (TPSA) is 103 Å². The van der Waals surface area contributed by atoms with Crippen LogP contribution >= 0.6 is 23.4 Å². The lowest BCUT2D eigenvalue weighted by Crippen LogP contribution is -2.19.